The average molecular weight is 612 g/mol. The summed E-state index contributed by atoms with van der Waals surface area (Å²) in [5, 5.41) is 7.40. The summed E-state index contributed by atoms with van der Waals surface area (Å²) in [5.41, 5.74) is 9.61. The van der Waals surface area contributed by atoms with Crippen molar-refractivity contribution in [3.63, 3.8) is 0 Å². The predicted molar refractivity (Wildman–Crippen MR) is 200 cm³/mol. The molecule has 3 nitrogen and oxygen atoms in total. The van der Waals surface area contributed by atoms with Crippen LogP contribution in [0.2, 0.25) is 0 Å². The first kappa shape index (κ1) is 27.8. The smallest absolute Gasteiger partial charge is 0.160 e. The first-order valence-corrected chi connectivity index (χ1v) is 16.2. The molecule has 224 valence electrons. The fraction of sp³-hybridized carbons (Fsp3) is 0. The van der Waals surface area contributed by atoms with Gasteiger partial charge in [-0.05, 0) is 78.8 Å². The van der Waals surface area contributed by atoms with Crippen molar-refractivity contribution in [1.29, 1.82) is 0 Å². The van der Waals surface area contributed by atoms with Gasteiger partial charge in [0.1, 0.15) is 0 Å². The van der Waals surface area contributed by atoms with E-state index in [-0.39, 0.29) is 0 Å². The highest BCUT2D eigenvalue weighted by atomic mass is 14.9. The van der Waals surface area contributed by atoms with E-state index >= 15 is 0 Å². The fourth-order valence-corrected chi connectivity index (χ4v) is 6.75. The van der Waals surface area contributed by atoms with Crippen LogP contribution in [0.15, 0.2) is 176 Å². The number of nitrogens with zero attached hydrogens (tertiary/aromatic N) is 3. The number of aromatic nitrogens is 3. The van der Waals surface area contributed by atoms with Crippen molar-refractivity contribution < 1.29 is 0 Å². The Morgan fingerprint density at radius 1 is 0.292 bits per heavy atom. The number of fused-ring (bicyclic) bond motifs is 6. The van der Waals surface area contributed by atoms with E-state index in [0.29, 0.717) is 0 Å². The molecule has 0 spiro atoms. The van der Waals surface area contributed by atoms with Crippen molar-refractivity contribution >= 4 is 32.3 Å². The van der Waals surface area contributed by atoms with E-state index in [1.165, 1.54) is 43.4 Å². The summed E-state index contributed by atoms with van der Waals surface area (Å²) < 4.78 is 0. The number of hydrogen-bond donors (Lipinski definition) is 0. The third-order valence-corrected chi connectivity index (χ3v) is 9.17. The topological polar surface area (TPSA) is 38.7 Å². The summed E-state index contributed by atoms with van der Waals surface area (Å²) in [6, 6.07) is 57.9. The van der Waals surface area contributed by atoms with E-state index in [4.69, 9.17) is 9.97 Å². The van der Waals surface area contributed by atoms with Gasteiger partial charge in [0.2, 0.25) is 0 Å². The zero-order chi connectivity index (χ0) is 31.9. The minimum Gasteiger partial charge on any atom is -0.264 e. The zero-order valence-corrected chi connectivity index (χ0v) is 26.1. The Hall–Kier alpha value is -6.45. The first-order valence-electron chi connectivity index (χ1n) is 16.2. The Morgan fingerprint density at radius 3 is 1.40 bits per heavy atom. The molecule has 3 heteroatoms. The molecule has 0 aliphatic carbocycles. The van der Waals surface area contributed by atoms with E-state index in [1.807, 2.05) is 36.5 Å². The Kier molecular flexibility index (Phi) is 6.80. The maximum absolute atomic E-state index is 5.10. The summed E-state index contributed by atoms with van der Waals surface area (Å²) in [5.74, 6) is 0.719. The molecule has 0 aliphatic rings. The first-order chi connectivity index (χ1) is 23.8. The van der Waals surface area contributed by atoms with Crippen LogP contribution >= 0.6 is 0 Å². The molecule has 0 unspecified atom stereocenters. The second-order valence-corrected chi connectivity index (χ2v) is 12.1. The van der Waals surface area contributed by atoms with Crippen molar-refractivity contribution in [3.05, 3.63) is 176 Å². The number of benzene rings is 7. The van der Waals surface area contributed by atoms with E-state index < -0.39 is 0 Å². The van der Waals surface area contributed by atoms with Gasteiger partial charge in [0, 0.05) is 29.1 Å². The number of rotatable bonds is 5. The Morgan fingerprint density at radius 2 is 0.771 bits per heavy atom. The molecule has 0 atom stereocenters. The zero-order valence-electron chi connectivity index (χ0n) is 26.1. The van der Waals surface area contributed by atoms with Gasteiger partial charge in [0.25, 0.3) is 0 Å². The van der Waals surface area contributed by atoms with Crippen molar-refractivity contribution in [2.45, 2.75) is 0 Å². The second kappa shape index (κ2) is 11.7. The van der Waals surface area contributed by atoms with Gasteiger partial charge in [-0.2, -0.15) is 0 Å². The molecule has 0 saturated heterocycles. The lowest BCUT2D eigenvalue weighted by molar-refractivity contribution is 1.18. The van der Waals surface area contributed by atoms with Crippen LogP contribution in [-0.4, -0.2) is 15.0 Å². The van der Waals surface area contributed by atoms with Crippen LogP contribution in [0.5, 0.6) is 0 Å². The summed E-state index contributed by atoms with van der Waals surface area (Å²) in [6.07, 6.45) is 3.71. The van der Waals surface area contributed by atoms with Gasteiger partial charge in [0.05, 0.1) is 11.4 Å². The average Bonchev–Trinajstić information content (AvgIpc) is 3.18. The molecule has 0 bridgehead atoms. The largest absolute Gasteiger partial charge is 0.264 e. The molecule has 0 saturated carbocycles. The number of pyridine rings is 1. The lowest BCUT2D eigenvalue weighted by atomic mass is 9.90. The van der Waals surface area contributed by atoms with Crippen molar-refractivity contribution in [1.82, 2.24) is 15.0 Å². The highest BCUT2D eigenvalue weighted by Crippen LogP contribution is 2.39. The van der Waals surface area contributed by atoms with Crippen molar-refractivity contribution in [3.8, 4) is 56.2 Å². The highest BCUT2D eigenvalue weighted by Gasteiger charge is 2.14. The van der Waals surface area contributed by atoms with E-state index in [2.05, 4.69) is 138 Å². The van der Waals surface area contributed by atoms with Crippen LogP contribution in [0.1, 0.15) is 0 Å². The standard InChI is InChI=1S/C45H29N3/c1-3-10-32(11-4-1)43-28-44(48-45(47-43)33-12-5-2-6-13-33)35-22-24-40-39-23-21-34(26-41(39)37-15-7-8-16-38(37)42(40)27-35)30-17-19-31(20-18-30)36-14-9-25-46-29-36/h1-29H. The van der Waals surface area contributed by atoms with Crippen LogP contribution in [0.25, 0.3) is 88.5 Å². The van der Waals surface area contributed by atoms with Crippen LogP contribution in [0.3, 0.4) is 0 Å². The van der Waals surface area contributed by atoms with Gasteiger partial charge in [0.15, 0.2) is 5.82 Å². The fourth-order valence-electron chi connectivity index (χ4n) is 6.75. The van der Waals surface area contributed by atoms with Crippen LogP contribution in [-0.2, 0) is 0 Å². The van der Waals surface area contributed by atoms with Crippen molar-refractivity contribution in [2.24, 2.45) is 0 Å². The molecule has 0 radical (unpaired) electrons. The molecule has 0 aliphatic heterocycles. The molecular weight excluding hydrogens is 583 g/mol. The normalized spacial score (nSPS) is 11.3. The lowest BCUT2D eigenvalue weighted by Crippen LogP contribution is -1.96. The molecule has 48 heavy (non-hydrogen) atoms. The van der Waals surface area contributed by atoms with E-state index in [9.17, 15) is 0 Å². The Labute approximate surface area is 278 Å². The molecule has 0 fully saturated rings. The molecule has 0 amide bonds. The number of hydrogen-bond acceptors (Lipinski definition) is 3. The monoisotopic (exact) mass is 611 g/mol. The predicted octanol–water partition coefficient (Wildman–Crippen LogP) is 11.7. The van der Waals surface area contributed by atoms with Gasteiger partial charge >= 0.3 is 0 Å². The molecular formula is C45H29N3. The molecule has 2 aromatic heterocycles. The van der Waals surface area contributed by atoms with Crippen LogP contribution in [0.4, 0.5) is 0 Å². The van der Waals surface area contributed by atoms with Crippen LogP contribution in [0, 0.1) is 0 Å². The third kappa shape index (κ3) is 4.99. The highest BCUT2D eigenvalue weighted by molar-refractivity contribution is 6.26. The summed E-state index contributed by atoms with van der Waals surface area (Å²) in [7, 11) is 0. The lowest BCUT2D eigenvalue weighted by Gasteiger charge is -2.14. The Balaban J connectivity index is 1.19. The van der Waals surface area contributed by atoms with Crippen molar-refractivity contribution in [2.75, 3.05) is 0 Å². The van der Waals surface area contributed by atoms with E-state index in [1.54, 1.807) is 6.20 Å². The van der Waals surface area contributed by atoms with Gasteiger partial charge in [-0.25, -0.2) is 9.97 Å². The Bertz CT molecular complexity index is 2500. The molecule has 2 heterocycles. The quantitative estimate of drug-likeness (QED) is 0.182. The van der Waals surface area contributed by atoms with E-state index in [0.717, 1.165) is 45.0 Å². The minimum atomic E-state index is 0.719. The second-order valence-electron chi connectivity index (χ2n) is 12.1. The maximum atomic E-state index is 5.10. The van der Waals surface area contributed by atoms with Crippen LogP contribution < -0.4 is 0 Å². The minimum absolute atomic E-state index is 0.719. The summed E-state index contributed by atoms with van der Waals surface area (Å²) in [4.78, 5) is 14.4. The molecule has 0 N–H and O–H groups in total. The van der Waals surface area contributed by atoms with Gasteiger partial charge in [-0.1, -0.05) is 140 Å². The molecule has 9 aromatic rings. The van der Waals surface area contributed by atoms with Gasteiger partial charge in [-0.15, -0.1) is 0 Å². The SMILES string of the molecule is c1ccc(-c2cc(-c3ccc4c5ccc(-c6ccc(-c7cccnc7)cc6)cc5c5ccccc5c4c3)nc(-c3ccccc3)n2)cc1. The third-order valence-electron chi connectivity index (χ3n) is 9.17. The summed E-state index contributed by atoms with van der Waals surface area (Å²) in [6.45, 7) is 0. The van der Waals surface area contributed by atoms with Gasteiger partial charge < -0.3 is 0 Å². The summed E-state index contributed by atoms with van der Waals surface area (Å²) >= 11 is 0. The molecule has 7 aromatic carbocycles. The van der Waals surface area contributed by atoms with Gasteiger partial charge in [-0.3, -0.25) is 4.98 Å². The maximum Gasteiger partial charge on any atom is 0.160 e. The molecule has 9 rings (SSSR count).